The Balaban J connectivity index is 2.24. The van der Waals surface area contributed by atoms with Gasteiger partial charge in [-0.15, -0.1) is 0 Å². The fourth-order valence-electron chi connectivity index (χ4n) is 2.80. The number of carbonyl (C=O) groups is 2. The van der Waals surface area contributed by atoms with E-state index in [0.29, 0.717) is 17.0 Å². The van der Waals surface area contributed by atoms with E-state index in [1.807, 2.05) is 0 Å². The summed E-state index contributed by atoms with van der Waals surface area (Å²) in [5.74, 6) is -0.270. The summed E-state index contributed by atoms with van der Waals surface area (Å²) in [5.41, 5.74) is -0.00956. The molecule has 0 fully saturated rings. The molecule has 0 aliphatic rings. The highest BCUT2D eigenvalue weighted by atomic mass is 16.5. The van der Waals surface area contributed by atoms with Gasteiger partial charge in [0.1, 0.15) is 12.6 Å². The number of nitrogens with one attached hydrogen (secondary N) is 2. The zero-order valence-corrected chi connectivity index (χ0v) is 16.9. The van der Waals surface area contributed by atoms with Crippen LogP contribution in [0.4, 0.5) is 0 Å². The average Bonchev–Trinajstić information content (AvgIpc) is 2.71. The fourth-order valence-corrected chi connectivity index (χ4v) is 2.80. The maximum atomic E-state index is 12.8. The first-order valence-corrected chi connectivity index (χ1v) is 9.11. The summed E-state index contributed by atoms with van der Waals surface area (Å²) in [6, 6.07) is 2.31. The second kappa shape index (κ2) is 9.87. The smallest absolute Gasteiger partial charge is 0.261 e. The standard InChI is InChI=1S/C19H26N4O6/c1-11(2)17(18(26)20-5-6-24)22-16(25)9-23-10-21-13-8-15(29-4)14(28-3)7-12(13)19(23)27/h7-8,10-11,17,24H,5-6,9H2,1-4H3,(H,20,26)(H,22,25). The number of carbonyl (C=O) groups excluding carboxylic acids is 2. The van der Waals surface area contributed by atoms with Crippen molar-refractivity contribution in [2.45, 2.75) is 26.4 Å². The Morgan fingerprint density at radius 1 is 1.21 bits per heavy atom. The van der Waals surface area contributed by atoms with Crippen LogP contribution in [0.2, 0.25) is 0 Å². The van der Waals surface area contributed by atoms with Gasteiger partial charge < -0.3 is 25.2 Å². The van der Waals surface area contributed by atoms with Crippen LogP contribution >= 0.6 is 0 Å². The molecule has 0 radical (unpaired) electrons. The number of methoxy groups -OCH3 is 2. The molecule has 10 heteroatoms. The third-order valence-electron chi connectivity index (χ3n) is 4.32. The summed E-state index contributed by atoms with van der Waals surface area (Å²) >= 11 is 0. The molecule has 158 valence electrons. The molecule has 0 saturated carbocycles. The van der Waals surface area contributed by atoms with Gasteiger partial charge in [0.2, 0.25) is 11.8 Å². The van der Waals surface area contributed by atoms with Crippen molar-refractivity contribution in [2.24, 2.45) is 5.92 Å². The molecule has 1 unspecified atom stereocenters. The minimum Gasteiger partial charge on any atom is -0.493 e. The van der Waals surface area contributed by atoms with Gasteiger partial charge in [-0.2, -0.15) is 0 Å². The summed E-state index contributed by atoms with van der Waals surface area (Å²) in [6.07, 6.45) is 1.27. The van der Waals surface area contributed by atoms with Crippen LogP contribution in [-0.4, -0.2) is 59.9 Å². The molecule has 29 heavy (non-hydrogen) atoms. The molecule has 0 aliphatic carbocycles. The number of rotatable bonds is 9. The molecule has 1 aromatic carbocycles. The van der Waals surface area contributed by atoms with Crippen LogP contribution < -0.4 is 25.7 Å². The number of hydrogen-bond acceptors (Lipinski definition) is 7. The maximum Gasteiger partial charge on any atom is 0.261 e. The van der Waals surface area contributed by atoms with Gasteiger partial charge in [-0.3, -0.25) is 19.0 Å². The largest absolute Gasteiger partial charge is 0.493 e. The molecule has 1 aromatic heterocycles. The second-order valence-electron chi connectivity index (χ2n) is 6.71. The van der Waals surface area contributed by atoms with E-state index in [0.717, 1.165) is 4.57 Å². The molecule has 0 bridgehead atoms. The van der Waals surface area contributed by atoms with Crippen LogP contribution in [-0.2, 0) is 16.1 Å². The Morgan fingerprint density at radius 2 is 1.86 bits per heavy atom. The predicted octanol–water partition coefficient (Wildman–Crippen LogP) is -0.337. The van der Waals surface area contributed by atoms with Crippen LogP contribution in [0.25, 0.3) is 10.9 Å². The third-order valence-corrected chi connectivity index (χ3v) is 4.32. The van der Waals surface area contributed by atoms with E-state index in [2.05, 4.69) is 15.6 Å². The highest BCUT2D eigenvalue weighted by molar-refractivity contribution is 5.88. The molecular formula is C19H26N4O6. The molecule has 10 nitrogen and oxygen atoms in total. The van der Waals surface area contributed by atoms with E-state index < -0.39 is 23.4 Å². The van der Waals surface area contributed by atoms with Gasteiger partial charge >= 0.3 is 0 Å². The van der Waals surface area contributed by atoms with E-state index >= 15 is 0 Å². The van der Waals surface area contributed by atoms with Crippen LogP contribution in [0.1, 0.15) is 13.8 Å². The normalized spacial score (nSPS) is 11.9. The third kappa shape index (κ3) is 5.23. The Hall–Kier alpha value is -3.14. The lowest BCUT2D eigenvalue weighted by atomic mass is 10.0. The number of aromatic nitrogens is 2. The van der Waals surface area contributed by atoms with Crippen molar-refractivity contribution in [1.29, 1.82) is 0 Å². The van der Waals surface area contributed by atoms with Gasteiger partial charge in [0, 0.05) is 12.6 Å². The minimum absolute atomic E-state index is 0.0945. The number of hydrogen-bond donors (Lipinski definition) is 3. The van der Waals surface area contributed by atoms with Crippen molar-refractivity contribution in [3.8, 4) is 11.5 Å². The van der Waals surface area contributed by atoms with Crippen molar-refractivity contribution in [2.75, 3.05) is 27.4 Å². The highest BCUT2D eigenvalue weighted by Crippen LogP contribution is 2.29. The number of fused-ring (bicyclic) bond motifs is 1. The van der Waals surface area contributed by atoms with Gasteiger partial charge in [-0.25, -0.2) is 4.98 Å². The summed E-state index contributed by atoms with van der Waals surface area (Å²) < 4.78 is 11.6. The molecule has 3 N–H and O–H groups in total. The average molecular weight is 406 g/mol. The van der Waals surface area contributed by atoms with Gasteiger partial charge in [0.25, 0.3) is 5.56 Å². The molecule has 1 heterocycles. The van der Waals surface area contributed by atoms with Crippen LogP contribution in [0.15, 0.2) is 23.3 Å². The quantitative estimate of drug-likeness (QED) is 0.519. The number of aliphatic hydroxyl groups excluding tert-OH is 1. The first-order chi connectivity index (χ1) is 13.8. The molecule has 2 amide bonds. The van der Waals surface area contributed by atoms with Gasteiger partial charge in [-0.05, 0) is 12.0 Å². The highest BCUT2D eigenvalue weighted by Gasteiger charge is 2.24. The monoisotopic (exact) mass is 406 g/mol. The first kappa shape index (κ1) is 22.2. The Labute approximate surface area is 167 Å². The molecular weight excluding hydrogens is 380 g/mol. The van der Waals surface area contributed by atoms with Crippen LogP contribution in [0.3, 0.4) is 0 Å². The van der Waals surface area contributed by atoms with E-state index in [1.54, 1.807) is 19.9 Å². The summed E-state index contributed by atoms with van der Waals surface area (Å²) in [7, 11) is 2.94. The molecule has 2 rings (SSSR count). The lowest BCUT2D eigenvalue weighted by Crippen LogP contribution is -2.51. The molecule has 0 spiro atoms. The zero-order chi connectivity index (χ0) is 21.6. The van der Waals surface area contributed by atoms with Crippen molar-refractivity contribution in [3.05, 3.63) is 28.8 Å². The fraction of sp³-hybridized carbons (Fsp3) is 0.474. The Kier molecular flexibility index (Phi) is 7.54. The topological polar surface area (TPSA) is 132 Å². The van der Waals surface area contributed by atoms with Crippen molar-refractivity contribution in [1.82, 2.24) is 20.2 Å². The van der Waals surface area contributed by atoms with E-state index in [1.165, 1.54) is 26.6 Å². The molecule has 0 aliphatic heterocycles. The van der Waals surface area contributed by atoms with E-state index in [4.69, 9.17) is 14.6 Å². The molecule has 1 atom stereocenters. The second-order valence-corrected chi connectivity index (χ2v) is 6.71. The molecule has 0 saturated heterocycles. The lowest BCUT2D eigenvalue weighted by molar-refractivity contribution is -0.130. The summed E-state index contributed by atoms with van der Waals surface area (Å²) in [4.78, 5) is 41.6. The van der Waals surface area contributed by atoms with Crippen LogP contribution in [0, 0.1) is 5.92 Å². The summed E-state index contributed by atoms with van der Waals surface area (Å²) in [5, 5.41) is 14.3. The minimum atomic E-state index is -0.789. The Morgan fingerprint density at radius 3 is 2.45 bits per heavy atom. The van der Waals surface area contributed by atoms with Crippen molar-refractivity contribution in [3.63, 3.8) is 0 Å². The Bertz CT molecular complexity index is 940. The number of amides is 2. The number of benzene rings is 1. The predicted molar refractivity (Wildman–Crippen MR) is 106 cm³/mol. The van der Waals surface area contributed by atoms with E-state index in [-0.39, 0.29) is 31.0 Å². The van der Waals surface area contributed by atoms with Gasteiger partial charge in [-0.1, -0.05) is 13.8 Å². The lowest BCUT2D eigenvalue weighted by Gasteiger charge is -2.21. The number of aliphatic hydroxyl groups is 1. The number of nitrogens with zero attached hydrogens (tertiary/aromatic N) is 2. The molecule has 2 aromatic rings. The van der Waals surface area contributed by atoms with Crippen LogP contribution in [0.5, 0.6) is 11.5 Å². The maximum absolute atomic E-state index is 12.8. The van der Waals surface area contributed by atoms with E-state index in [9.17, 15) is 14.4 Å². The first-order valence-electron chi connectivity index (χ1n) is 9.11. The SMILES string of the molecule is COc1cc2ncn(CC(=O)NC(C(=O)NCCO)C(C)C)c(=O)c2cc1OC. The number of ether oxygens (including phenoxy) is 2. The van der Waals surface area contributed by atoms with Gasteiger partial charge in [0.15, 0.2) is 11.5 Å². The zero-order valence-electron chi connectivity index (χ0n) is 16.9. The van der Waals surface area contributed by atoms with Gasteiger partial charge in [0.05, 0.1) is 38.1 Å². The summed E-state index contributed by atoms with van der Waals surface area (Å²) in [6.45, 7) is 3.17. The van der Waals surface area contributed by atoms with Crippen molar-refractivity contribution >= 4 is 22.7 Å². The van der Waals surface area contributed by atoms with Crippen molar-refractivity contribution < 1.29 is 24.2 Å².